The molecular weight excluding hydrogens is 275 g/mol. The predicted octanol–water partition coefficient (Wildman–Crippen LogP) is 1.11. The van der Waals surface area contributed by atoms with Crippen LogP contribution in [0.15, 0.2) is 23.1 Å². The van der Waals surface area contributed by atoms with E-state index in [0.29, 0.717) is 0 Å². The van der Waals surface area contributed by atoms with E-state index >= 15 is 0 Å². The molecule has 0 aromatic heterocycles. The number of benzene rings is 1. The highest BCUT2D eigenvalue weighted by Crippen LogP contribution is 2.16. The quantitative estimate of drug-likeness (QED) is 0.761. The summed E-state index contributed by atoms with van der Waals surface area (Å²) in [6.45, 7) is -0.0212. The lowest BCUT2D eigenvalue weighted by Gasteiger charge is -2.07. The first kappa shape index (κ1) is 15.1. The van der Waals surface area contributed by atoms with E-state index in [0.717, 1.165) is 18.2 Å². The SMILES string of the molecule is N#CCCCNS(=O)(=O)c1cc(C(=O)O)ccc1F. The minimum atomic E-state index is -4.13. The number of aromatic carboxylic acids is 1. The number of nitriles is 1. The molecule has 0 amide bonds. The molecule has 1 aromatic carbocycles. The van der Waals surface area contributed by atoms with Gasteiger partial charge in [0.05, 0.1) is 11.6 Å². The number of unbranched alkanes of at least 4 members (excludes halogenated alkanes) is 1. The molecule has 0 aliphatic heterocycles. The van der Waals surface area contributed by atoms with E-state index in [1.807, 2.05) is 6.07 Å². The van der Waals surface area contributed by atoms with Crippen molar-refractivity contribution in [2.75, 3.05) is 6.54 Å². The van der Waals surface area contributed by atoms with Gasteiger partial charge >= 0.3 is 5.97 Å². The van der Waals surface area contributed by atoms with Gasteiger partial charge in [-0.3, -0.25) is 0 Å². The van der Waals surface area contributed by atoms with Crippen LogP contribution in [0.1, 0.15) is 23.2 Å². The van der Waals surface area contributed by atoms with Crippen molar-refractivity contribution in [3.05, 3.63) is 29.6 Å². The van der Waals surface area contributed by atoms with Gasteiger partial charge in [0.15, 0.2) is 0 Å². The van der Waals surface area contributed by atoms with Crippen LogP contribution in [0.3, 0.4) is 0 Å². The van der Waals surface area contributed by atoms with Crippen LogP contribution in [-0.2, 0) is 10.0 Å². The van der Waals surface area contributed by atoms with Crippen molar-refractivity contribution in [3.63, 3.8) is 0 Å². The minimum Gasteiger partial charge on any atom is -0.478 e. The van der Waals surface area contributed by atoms with Crippen molar-refractivity contribution in [2.45, 2.75) is 17.7 Å². The second-order valence-electron chi connectivity index (χ2n) is 3.61. The number of halogens is 1. The van der Waals surface area contributed by atoms with Crippen molar-refractivity contribution >= 4 is 16.0 Å². The first-order chi connectivity index (χ1) is 8.88. The average molecular weight is 286 g/mol. The second kappa shape index (κ2) is 6.26. The molecular formula is C11H11FN2O4S. The largest absolute Gasteiger partial charge is 0.478 e. The molecule has 0 spiro atoms. The molecule has 1 aromatic rings. The van der Waals surface area contributed by atoms with E-state index in [9.17, 15) is 17.6 Å². The number of rotatable bonds is 6. The molecule has 0 aliphatic carbocycles. The zero-order valence-electron chi connectivity index (χ0n) is 9.76. The van der Waals surface area contributed by atoms with Gasteiger partial charge < -0.3 is 5.11 Å². The van der Waals surface area contributed by atoms with Crippen LogP contribution in [0.5, 0.6) is 0 Å². The number of carboxylic acids is 1. The molecule has 0 aliphatic rings. The van der Waals surface area contributed by atoms with Crippen molar-refractivity contribution in [1.82, 2.24) is 4.72 Å². The summed E-state index contributed by atoms with van der Waals surface area (Å²) >= 11 is 0. The predicted molar refractivity (Wildman–Crippen MR) is 63.4 cm³/mol. The Bertz CT molecular complexity index is 622. The van der Waals surface area contributed by atoms with E-state index in [1.165, 1.54) is 0 Å². The zero-order chi connectivity index (χ0) is 14.5. The lowest BCUT2D eigenvalue weighted by atomic mass is 10.2. The zero-order valence-corrected chi connectivity index (χ0v) is 10.6. The average Bonchev–Trinajstić information content (AvgIpc) is 2.34. The Labute approximate surface area is 109 Å². The maximum Gasteiger partial charge on any atom is 0.335 e. The fourth-order valence-corrected chi connectivity index (χ4v) is 2.47. The Morgan fingerprint density at radius 2 is 2.16 bits per heavy atom. The third kappa shape index (κ3) is 4.01. The van der Waals surface area contributed by atoms with Crippen LogP contribution in [0, 0.1) is 17.1 Å². The van der Waals surface area contributed by atoms with Gasteiger partial charge in [-0.15, -0.1) is 0 Å². The third-order valence-corrected chi connectivity index (χ3v) is 3.70. The van der Waals surface area contributed by atoms with Gasteiger partial charge in [-0.1, -0.05) is 0 Å². The summed E-state index contributed by atoms with van der Waals surface area (Å²) < 4.78 is 39.1. The highest BCUT2D eigenvalue weighted by atomic mass is 32.2. The number of nitrogens with zero attached hydrogens (tertiary/aromatic N) is 1. The Hall–Kier alpha value is -1.98. The normalized spacial score (nSPS) is 10.9. The number of hydrogen-bond donors (Lipinski definition) is 2. The Morgan fingerprint density at radius 3 is 2.74 bits per heavy atom. The fourth-order valence-electron chi connectivity index (χ4n) is 1.29. The second-order valence-corrected chi connectivity index (χ2v) is 5.35. The molecule has 0 atom stereocenters. The van der Waals surface area contributed by atoms with Crippen LogP contribution in [0.4, 0.5) is 4.39 Å². The van der Waals surface area contributed by atoms with Gasteiger partial charge in [-0.25, -0.2) is 22.3 Å². The molecule has 0 saturated heterocycles. The number of carboxylic acid groups (broad SMARTS) is 1. The van der Waals surface area contributed by atoms with Gasteiger partial charge in [0, 0.05) is 13.0 Å². The van der Waals surface area contributed by atoms with Gasteiger partial charge in [-0.2, -0.15) is 5.26 Å². The van der Waals surface area contributed by atoms with Crippen molar-refractivity contribution in [1.29, 1.82) is 5.26 Å². The summed E-state index contributed by atoms with van der Waals surface area (Å²) in [5.74, 6) is -2.38. The molecule has 19 heavy (non-hydrogen) atoms. The van der Waals surface area contributed by atoms with E-state index in [-0.39, 0.29) is 24.9 Å². The Kier molecular flexibility index (Phi) is 4.97. The van der Waals surface area contributed by atoms with Crippen LogP contribution >= 0.6 is 0 Å². The Balaban J connectivity index is 2.97. The maximum atomic E-state index is 13.4. The van der Waals surface area contributed by atoms with Gasteiger partial charge in [0.25, 0.3) is 0 Å². The topological polar surface area (TPSA) is 107 Å². The standard InChI is InChI=1S/C11H11FN2O4S/c12-9-4-3-8(11(15)16)7-10(9)19(17,18)14-6-2-1-5-13/h3-4,7,14H,1-2,6H2,(H,15,16). The van der Waals surface area contributed by atoms with Crippen LogP contribution in [0.25, 0.3) is 0 Å². The minimum absolute atomic E-state index is 0.0212. The summed E-state index contributed by atoms with van der Waals surface area (Å²) in [7, 11) is -4.13. The number of hydrogen-bond acceptors (Lipinski definition) is 4. The number of carbonyl (C=O) groups is 1. The maximum absolute atomic E-state index is 13.4. The summed E-state index contributed by atoms with van der Waals surface area (Å²) in [4.78, 5) is 10.00. The van der Waals surface area contributed by atoms with Gasteiger partial charge in [-0.05, 0) is 24.6 Å². The molecule has 8 heteroatoms. The molecule has 2 N–H and O–H groups in total. The molecule has 0 fully saturated rings. The molecule has 1 rings (SSSR count). The lowest BCUT2D eigenvalue weighted by Crippen LogP contribution is -2.26. The molecule has 6 nitrogen and oxygen atoms in total. The monoisotopic (exact) mass is 286 g/mol. The fraction of sp³-hybridized carbons (Fsp3) is 0.273. The van der Waals surface area contributed by atoms with E-state index in [4.69, 9.17) is 10.4 Å². The molecule has 102 valence electrons. The van der Waals surface area contributed by atoms with Crippen LogP contribution < -0.4 is 4.72 Å². The van der Waals surface area contributed by atoms with Crippen molar-refractivity contribution in [2.24, 2.45) is 0 Å². The number of sulfonamides is 1. The smallest absolute Gasteiger partial charge is 0.335 e. The van der Waals surface area contributed by atoms with E-state index < -0.39 is 26.7 Å². The van der Waals surface area contributed by atoms with Crippen molar-refractivity contribution in [3.8, 4) is 6.07 Å². The third-order valence-electron chi connectivity index (χ3n) is 2.23. The molecule has 0 bridgehead atoms. The van der Waals surface area contributed by atoms with Gasteiger partial charge in [0.2, 0.25) is 10.0 Å². The van der Waals surface area contributed by atoms with Crippen LogP contribution in [0.2, 0.25) is 0 Å². The first-order valence-electron chi connectivity index (χ1n) is 5.28. The molecule has 0 radical (unpaired) electrons. The molecule has 0 unspecified atom stereocenters. The van der Waals surface area contributed by atoms with E-state index in [2.05, 4.69) is 4.72 Å². The number of nitrogens with one attached hydrogen (secondary N) is 1. The Morgan fingerprint density at radius 1 is 1.47 bits per heavy atom. The summed E-state index contributed by atoms with van der Waals surface area (Å²) in [5.41, 5.74) is -0.321. The molecule has 0 heterocycles. The van der Waals surface area contributed by atoms with Gasteiger partial charge in [0.1, 0.15) is 10.7 Å². The summed E-state index contributed by atoms with van der Waals surface area (Å²) in [6.07, 6.45) is 0.455. The first-order valence-corrected chi connectivity index (χ1v) is 6.76. The lowest BCUT2D eigenvalue weighted by molar-refractivity contribution is 0.0696. The summed E-state index contributed by atoms with van der Waals surface area (Å²) in [5, 5.41) is 17.0. The van der Waals surface area contributed by atoms with E-state index in [1.54, 1.807) is 0 Å². The van der Waals surface area contributed by atoms with Crippen LogP contribution in [-0.4, -0.2) is 26.0 Å². The highest BCUT2D eigenvalue weighted by molar-refractivity contribution is 7.89. The summed E-state index contributed by atoms with van der Waals surface area (Å²) in [6, 6.07) is 4.36. The van der Waals surface area contributed by atoms with Crippen molar-refractivity contribution < 1.29 is 22.7 Å². The molecule has 0 saturated carbocycles. The highest BCUT2D eigenvalue weighted by Gasteiger charge is 2.20.